The Morgan fingerprint density at radius 2 is 1.60 bits per heavy atom. The van der Waals surface area contributed by atoms with E-state index in [9.17, 15) is 10.1 Å². The number of rotatable bonds is 5. The maximum absolute atomic E-state index is 11.1. The number of nitro groups is 1. The van der Waals surface area contributed by atoms with E-state index in [1.165, 1.54) is 12.1 Å². The second-order valence-electron chi connectivity index (χ2n) is 7.71. The van der Waals surface area contributed by atoms with Gasteiger partial charge >= 0.3 is 0 Å². The van der Waals surface area contributed by atoms with Crippen LogP contribution in [0.1, 0.15) is 11.3 Å². The molecule has 30 heavy (non-hydrogen) atoms. The smallest absolute Gasteiger partial charge is 0.269 e. The minimum absolute atomic E-state index is 0.0772. The van der Waals surface area contributed by atoms with E-state index in [1.54, 1.807) is 12.1 Å². The fourth-order valence-electron chi connectivity index (χ4n) is 3.71. The largest absolute Gasteiger partial charge is 0.304 e. The van der Waals surface area contributed by atoms with Gasteiger partial charge in [0.25, 0.3) is 5.69 Å². The monoisotopic (exact) mass is 403 g/mol. The third kappa shape index (κ3) is 4.37. The zero-order valence-electron chi connectivity index (χ0n) is 17.3. The zero-order valence-corrected chi connectivity index (χ0v) is 17.3. The Kier molecular flexibility index (Phi) is 5.83. The number of nitrogens with zero attached hydrogens (tertiary/aromatic N) is 5. The molecule has 2 aromatic carbocycles. The molecule has 7 nitrogen and oxygen atoms in total. The van der Waals surface area contributed by atoms with Crippen molar-refractivity contribution >= 4 is 5.69 Å². The second-order valence-corrected chi connectivity index (χ2v) is 7.71. The van der Waals surface area contributed by atoms with Crippen LogP contribution in [0.3, 0.4) is 0 Å². The number of likely N-dealkylation sites (N-methyl/N-ethyl adjacent to an activating group) is 1. The van der Waals surface area contributed by atoms with Gasteiger partial charge in [-0.2, -0.15) is 0 Å². The number of piperazine rings is 1. The van der Waals surface area contributed by atoms with Crippen molar-refractivity contribution in [2.75, 3.05) is 33.2 Å². The first-order valence-corrected chi connectivity index (χ1v) is 10.1. The highest BCUT2D eigenvalue weighted by Gasteiger charge is 2.20. The summed E-state index contributed by atoms with van der Waals surface area (Å²) in [5, 5.41) is 11.1. The third-order valence-electron chi connectivity index (χ3n) is 5.58. The summed E-state index contributed by atoms with van der Waals surface area (Å²) >= 11 is 0. The van der Waals surface area contributed by atoms with Crippen LogP contribution in [-0.2, 0) is 6.54 Å². The molecule has 0 atom stereocenters. The quantitative estimate of drug-likeness (QED) is 0.477. The molecule has 4 rings (SSSR count). The van der Waals surface area contributed by atoms with Gasteiger partial charge < -0.3 is 4.90 Å². The highest BCUT2D eigenvalue weighted by molar-refractivity contribution is 5.68. The summed E-state index contributed by atoms with van der Waals surface area (Å²) in [4.78, 5) is 25.1. The van der Waals surface area contributed by atoms with Crippen molar-refractivity contribution in [3.8, 4) is 22.6 Å². The highest BCUT2D eigenvalue weighted by Crippen LogP contribution is 2.29. The molecule has 1 saturated heterocycles. The van der Waals surface area contributed by atoms with E-state index >= 15 is 0 Å². The second kappa shape index (κ2) is 8.69. The molecule has 7 heteroatoms. The molecule has 0 aliphatic carbocycles. The molecule has 1 aliphatic heterocycles. The normalized spacial score (nSPS) is 15.3. The number of hydrogen-bond acceptors (Lipinski definition) is 6. The molecule has 2 heterocycles. The molecule has 0 bridgehead atoms. The molecule has 0 saturated carbocycles. The van der Waals surface area contributed by atoms with Gasteiger partial charge in [0.15, 0.2) is 5.82 Å². The van der Waals surface area contributed by atoms with Gasteiger partial charge in [0.1, 0.15) is 0 Å². The highest BCUT2D eigenvalue weighted by atomic mass is 16.6. The van der Waals surface area contributed by atoms with Crippen molar-refractivity contribution in [2.24, 2.45) is 0 Å². The van der Waals surface area contributed by atoms with Crippen LogP contribution in [0.4, 0.5) is 5.69 Å². The van der Waals surface area contributed by atoms with Gasteiger partial charge in [0.2, 0.25) is 0 Å². The number of nitro benzene ring substituents is 1. The van der Waals surface area contributed by atoms with Gasteiger partial charge in [-0.3, -0.25) is 15.0 Å². The van der Waals surface area contributed by atoms with Crippen molar-refractivity contribution in [1.29, 1.82) is 0 Å². The number of benzene rings is 2. The van der Waals surface area contributed by atoms with Crippen LogP contribution in [-0.4, -0.2) is 57.9 Å². The van der Waals surface area contributed by atoms with E-state index in [4.69, 9.17) is 9.97 Å². The average Bonchev–Trinajstić information content (AvgIpc) is 2.77. The van der Waals surface area contributed by atoms with Gasteiger partial charge in [-0.05, 0) is 26.1 Å². The van der Waals surface area contributed by atoms with Crippen LogP contribution in [0.15, 0.2) is 54.6 Å². The predicted octanol–water partition coefficient (Wildman–Crippen LogP) is 3.77. The summed E-state index contributed by atoms with van der Waals surface area (Å²) in [5.41, 5.74) is 4.76. The Hall–Kier alpha value is -3.16. The van der Waals surface area contributed by atoms with Crippen LogP contribution >= 0.6 is 0 Å². The number of non-ortho nitro benzene ring substituents is 1. The van der Waals surface area contributed by atoms with Gasteiger partial charge in [-0.1, -0.05) is 30.3 Å². The molecular weight excluding hydrogens is 378 g/mol. The summed E-state index contributed by atoms with van der Waals surface area (Å²) in [6, 6.07) is 16.5. The van der Waals surface area contributed by atoms with Gasteiger partial charge in [-0.25, -0.2) is 9.97 Å². The minimum Gasteiger partial charge on any atom is -0.304 e. The molecule has 0 radical (unpaired) electrons. The summed E-state index contributed by atoms with van der Waals surface area (Å²) < 4.78 is 0. The van der Waals surface area contributed by atoms with Crippen molar-refractivity contribution < 1.29 is 4.92 Å². The molecule has 1 aliphatic rings. The number of aryl methyl sites for hydroxylation is 1. The van der Waals surface area contributed by atoms with E-state index in [2.05, 4.69) is 16.8 Å². The van der Waals surface area contributed by atoms with Crippen molar-refractivity contribution in [3.63, 3.8) is 0 Å². The third-order valence-corrected chi connectivity index (χ3v) is 5.58. The van der Waals surface area contributed by atoms with Crippen molar-refractivity contribution in [1.82, 2.24) is 19.8 Å². The Bertz CT molecular complexity index is 1030. The summed E-state index contributed by atoms with van der Waals surface area (Å²) in [5.74, 6) is 0.670. The molecule has 154 valence electrons. The summed E-state index contributed by atoms with van der Waals surface area (Å²) in [6.07, 6.45) is 0. The van der Waals surface area contributed by atoms with Crippen LogP contribution in [0, 0.1) is 17.0 Å². The lowest BCUT2D eigenvalue weighted by Crippen LogP contribution is -2.44. The first-order valence-electron chi connectivity index (χ1n) is 10.1. The lowest BCUT2D eigenvalue weighted by molar-refractivity contribution is -0.384. The SMILES string of the molecule is Cc1nc(-c2ccccc2)nc(-c2ccc([N+](=O)[O-])cc2)c1CN1CCN(C)CC1. The van der Waals surface area contributed by atoms with Crippen molar-refractivity contribution in [2.45, 2.75) is 13.5 Å². The van der Waals surface area contributed by atoms with E-state index < -0.39 is 0 Å². The molecule has 0 unspecified atom stereocenters. The van der Waals surface area contributed by atoms with Crippen LogP contribution in [0.2, 0.25) is 0 Å². The lowest BCUT2D eigenvalue weighted by Gasteiger charge is -2.33. The molecule has 3 aromatic rings. The van der Waals surface area contributed by atoms with Gasteiger partial charge in [0, 0.05) is 67.2 Å². The van der Waals surface area contributed by atoms with E-state index in [-0.39, 0.29) is 10.6 Å². The first kappa shape index (κ1) is 20.1. The number of hydrogen-bond donors (Lipinski definition) is 0. The average molecular weight is 403 g/mol. The van der Waals surface area contributed by atoms with Gasteiger partial charge in [-0.15, -0.1) is 0 Å². The van der Waals surface area contributed by atoms with E-state index in [1.807, 2.05) is 37.3 Å². The Balaban J connectivity index is 1.76. The first-order chi connectivity index (χ1) is 14.5. The maximum atomic E-state index is 11.1. The molecular formula is C23H25N5O2. The number of aromatic nitrogens is 2. The Morgan fingerprint density at radius 1 is 0.933 bits per heavy atom. The molecule has 1 fully saturated rings. The molecule has 0 amide bonds. The Morgan fingerprint density at radius 3 is 2.23 bits per heavy atom. The van der Waals surface area contributed by atoms with Crippen LogP contribution in [0.25, 0.3) is 22.6 Å². The van der Waals surface area contributed by atoms with Crippen LogP contribution < -0.4 is 0 Å². The lowest BCUT2D eigenvalue weighted by atomic mass is 10.0. The van der Waals surface area contributed by atoms with E-state index in [0.29, 0.717) is 5.82 Å². The standard InChI is InChI=1S/C23H25N5O2/c1-17-21(16-27-14-12-26(2)13-15-27)22(18-8-10-20(11-9-18)28(29)30)25-23(24-17)19-6-4-3-5-7-19/h3-11H,12-16H2,1-2H3. The van der Waals surface area contributed by atoms with E-state index in [0.717, 1.165) is 60.8 Å². The van der Waals surface area contributed by atoms with Gasteiger partial charge in [0.05, 0.1) is 10.6 Å². The molecule has 0 spiro atoms. The van der Waals surface area contributed by atoms with Crippen molar-refractivity contribution in [3.05, 3.63) is 76.0 Å². The molecule has 0 N–H and O–H groups in total. The van der Waals surface area contributed by atoms with Crippen LogP contribution in [0.5, 0.6) is 0 Å². The minimum atomic E-state index is -0.379. The predicted molar refractivity (Wildman–Crippen MR) is 117 cm³/mol. The summed E-state index contributed by atoms with van der Waals surface area (Å²) in [7, 11) is 2.14. The summed E-state index contributed by atoms with van der Waals surface area (Å²) in [6.45, 7) is 6.85. The molecule has 1 aromatic heterocycles. The fraction of sp³-hybridized carbons (Fsp3) is 0.304. The Labute approximate surface area is 176 Å². The zero-order chi connectivity index (χ0) is 21.1. The maximum Gasteiger partial charge on any atom is 0.269 e. The fourth-order valence-corrected chi connectivity index (χ4v) is 3.71. The topological polar surface area (TPSA) is 75.4 Å².